The summed E-state index contributed by atoms with van der Waals surface area (Å²) < 4.78 is 10.6. The van der Waals surface area contributed by atoms with Gasteiger partial charge in [-0.3, -0.25) is 4.79 Å². The minimum atomic E-state index is -0.0186. The average Bonchev–Trinajstić information content (AvgIpc) is 3.36. The third-order valence-corrected chi connectivity index (χ3v) is 5.27. The van der Waals surface area contributed by atoms with Crippen LogP contribution in [0.15, 0.2) is 36.4 Å². The molecule has 5 heteroatoms. The van der Waals surface area contributed by atoms with Gasteiger partial charge in [-0.05, 0) is 55.2 Å². The number of carbonyl (C=O) groups is 1. The van der Waals surface area contributed by atoms with Gasteiger partial charge in [0.15, 0.2) is 0 Å². The van der Waals surface area contributed by atoms with Crippen LogP contribution in [0.25, 0.3) is 0 Å². The van der Waals surface area contributed by atoms with Gasteiger partial charge in [-0.25, -0.2) is 0 Å². The molecule has 0 bridgehead atoms. The Labute approximate surface area is 154 Å². The third kappa shape index (κ3) is 2.98. The normalized spacial score (nSPS) is 15.9. The molecule has 0 N–H and O–H groups in total. The van der Waals surface area contributed by atoms with Gasteiger partial charge in [-0.1, -0.05) is 0 Å². The molecule has 0 atom stereocenters. The summed E-state index contributed by atoms with van der Waals surface area (Å²) in [6.45, 7) is 2.97. The van der Waals surface area contributed by atoms with Gasteiger partial charge in [0.2, 0.25) is 0 Å². The summed E-state index contributed by atoms with van der Waals surface area (Å²) in [7, 11) is 3.18. The molecule has 5 nitrogen and oxygen atoms in total. The van der Waals surface area contributed by atoms with E-state index in [2.05, 4.69) is 23.1 Å². The highest BCUT2D eigenvalue weighted by atomic mass is 16.5. The summed E-state index contributed by atoms with van der Waals surface area (Å²) in [4.78, 5) is 17.4. The maximum Gasteiger partial charge on any atom is 0.258 e. The van der Waals surface area contributed by atoms with Gasteiger partial charge in [0.25, 0.3) is 5.91 Å². The van der Waals surface area contributed by atoms with E-state index in [1.165, 1.54) is 24.1 Å². The van der Waals surface area contributed by atoms with Gasteiger partial charge >= 0.3 is 0 Å². The van der Waals surface area contributed by atoms with Crippen LogP contribution >= 0.6 is 0 Å². The highest BCUT2D eigenvalue weighted by Crippen LogP contribution is 2.34. The second kappa shape index (κ2) is 6.90. The number of anilines is 2. The van der Waals surface area contributed by atoms with Crippen molar-refractivity contribution in [1.82, 2.24) is 0 Å². The molecular weight excluding hydrogens is 328 g/mol. The molecule has 1 fully saturated rings. The highest BCUT2D eigenvalue weighted by Gasteiger charge is 2.27. The molecule has 26 heavy (non-hydrogen) atoms. The van der Waals surface area contributed by atoms with E-state index in [9.17, 15) is 4.79 Å². The number of amides is 1. The molecule has 2 aromatic carbocycles. The van der Waals surface area contributed by atoms with Crippen LogP contribution in [0.2, 0.25) is 0 Å². The molecule has 136 valence electrons. The van der Waals surface area contributed by atoms with E-state index in [-0.39, 0.29) is 5.91 Å². The number of benzene rings is 2. The first kappa shape index (κ1) is 16.8. The molecule has 2 aliphatic heterocycles. The van der Waals surface area contributed by atoms with Crippen LogP contribution in [-0.2, 0) is 6.42 Å². The monoisotopic (exact) mass is 352 g/mol. The summed E-state index contributed by atoms with van der Waals surface area (Å²) in [6.07, 6.45) is 3.42. The molecular formula is C21H24N2O3. The van der Waals surface area contributed by atoms with Gasteiger partial charge in [0, 0.05) is 42.6 Å². The molecule has 0 unspecified atom stereocenters. The second-order valence-electron chi connectivity index (χ2n) is 6.82. The van der Waals surface area contributed by atoms with Crippen LogP contribution in [0.4, 0.5) is 11.4 Å². The molecule has 1 amide bonds. The van der Waals surface area contributed by atoms with Gasteiger partial charge < -0.3 is 19.3 Å². The number of hydrogen-bond donors (Lipinski definition) is 0. The Kier molecular flexibility index (Phi) is 4.45. The molecule has 2 heterocycles. The number of ether oxygens (including phenoxy) is 2. The van der Waals surface area contributed by atoms with Crippen LogP contribution in [0.5, 0.6) is 11.5 Å². The van der Waals surface area contributed by atoms with Crippen LogP contribution in [-0.4, -0.2) is 39.8 Å². The summed E-state index contributed by atoms with van der Waals surface area (Å²) in [5, 5.41) is 0. The standard InChI is InChI=1S/C21H24N2O3/c1-25-18-12-16(13-19(14-18)26-2)21(24)23-10-7-15-11-17(5-6-20(15)23)22-8-3-4-9-22/h5-6,11-14H,3-4,7-10H2,1-2H3. The number of hydrogen-bond acceptors (Lipinski definition) is 4. The van der Waals surface area contributed by atoms with E-state index >= 15 is 0 Å². The summed E-state index contributed by atoms with van der Waals surface area (Å²) >= 11 is 0. The van der Waals surface area contributed by atoms with Gasteiger partial charge in [0.1, 0.15) is 11.5 Å². The number of rotatable bonds is 4. The Hall–Kier alpha value is -2.69. The van der Waals surface area contributed by atoms with E-state index in [1.54, 1.807) is 32.4 Å². The second-order valence-corrected chi connectivity index (χ2v) is 6.82. The Morgan fingerprint density at radius 3 is 2.27 bits per heavy atom. The number of carbonyl (C=O) groups excluding carboxylic acids is 1. The molecule has 1 saturated heterocycles. The molecule has 0 saturated carbocycles. The third-order valence-electron chi connectivity index (χ3n) is 5.27. The first-order valence-corrected chi connectivity index (χ1v) is 9.12. The molecule has 0 aliphatic carbocycles. The van der Waals surface area contributed by atoms with Crippen LogP contribution in [0.3, 0.4) is 0 Å². The lowest BCUT2D eigenvalue weighted by Gasteiger charge is -2.21. The lowest BCUT2D eigenvalue weighted by molar-refractivity contribution is 0.0988. The topological polar surface area (TPSA) is 42.0 Å². The molecule has 2 aliphatic rings. The average molecular weight is 352 g/mol. The molecule has 0 spiro atoms. The van der Waals surface area contributed by atoms with Crippen molar-refractivity contribution >= 4 is 17.3 Å². The molecule has 4 rings (SSSR count). The predicted octanol–water partition coefficient (Wildman–Crippen LogP) is 3.51. The van der Waals surface area contributed by atoms with E-state index in [0.717, 1.165) is 25.2 Å². The van der Waals surface area contributed by atoms with Crippen molar-refractivity contribution in [2.75, 3.05) is 43.7 Å². The highest BCUT2D eigenvalue weighted by molar-refractivity contribution is 6.07. The zero-order valence-electron chi connectivity index (χ0n) is 15.3. The first-order chi connectivity index (χ1) is 12.7. The Morgan fingerprint density at radius 2 is 1.62 bits per heavy atom. The van der Waals surface area contributed by atoms with Crippen molar-refractivity contribution in [3.8, 4) is 11.5 Å². The van der Waals surface area contributed by atoms with Crippen molar-refractivity contribution in [2.24, 2.45) is 0 Å². The van der Waals surface area contributed by atoms with Gasteiger partial charge in [-0.15, -0.1) is 0 Å². The van der Waals surface area contributed by atoms with E-state index in [1.807, 2.05) is 4.90 Å². The fourth-order valence-corrected chi connectivity index (χ4v) is 3.86. The summed E-state index contributed by atoms with van der Waals surface area (Å²) in [6, 6.07) is 11.8. The molecule has 0 radical (unpaired) electrons. The minimum Gasteiger partial charge on any atom is -0.497 e. The quantitative estimate of drug-likeness (QED) is 0.844. The largest absolute Gasteiger partial charge is 0.497 e. The van der Waals surface area contributed by atoms with E-state index < -0.39 is 0 Å². The van der Waals surface area contributed by atoms with Gasteiger partial charge in [0.05, 0.1) is 14.2 Å². The SMILES string of the molecule is COc1cc(OC)cc(C(=O)N2CCc3cc(N4CCCC4)ccc32)c1. The van der Waals surface area contributed by atoms with Crippen molar-refractivity contribution < 1.29 is 14.3 Å². The maximum absolute atomic E-state index is 13.1. The smallest absolute Gasteiger partial charge is 0.258 e. The Balaban J connectivity index is 1.61. The first-order valence-electron chi connectivity index (χ1n) is 9.12. The van der Waals surface area contributed by atoms with Crippen LogP contribution in [0, 0.1) is 0 Å². The van der Waals surface area contributed by atoms with Gasteiger partial charge in [-0.2, -0.15) is 0 Å². The molecule has 0 aromatic heterocycles. The minimum absolute atomic E-state index is 0.0186. The predicted molar refractivity (Wildman–Crippen MR) is 103 cm³/mol. The van der Waals surface area contributed by atoms with Crippen molar-refractivity contribution in [1.29, 1.82) is 0 Å². The fourth-order valence-electron chi connectivity index (χ4n) is 3.86. The Morgan fingerprint density at radius 1 is 0.923 bits per heavy atom. The fraction of sp³-hybridized carbons (Fsp3) is 0.381. The number of fused-ring (bicyclic) bond motifs is 1. The molecule has 2 aromatic rings. The lowest BCUT2D eigenvalue weighted by Crippen LogP contribution is -2.29. The zero-order valence-corrected chi connectivity index (χ0v) is 15.3. The zero-order chi connectivity index (χ0) is 18.1. The van der Waals surface area contributed by atoms with Crippen LogP contribution in [0.1, 0.15) is 28.8 Å². The maximum atomic E-state index is 13.1. The number of methoxy groups -OCH3 is 2. The van der Waals surface area contributed by atoms with Crippen molar-refractivity contribution in [3.63, 3.8) is 0 Å². The lowest BCUT2D eigenvalue weighted by atomic mass is 10.1. The number of nitrogens with zero attached hydrogens (tertiary/aromatic N) is 2. The Bertz CT molecular complexity index is 806. The van der Waals surface area contributed by atoms with Crippen molar-refractivity contribution in [3.05, 3.63) is 47.5 Å². The summed E-state index contributed by atoms with van der Waals surface area (Å²) in [5.41, 5.74) is 4.12. The van der Waals surface area contributed by atoms with Crippen molar-refractivity contribution in [2.45, 2.75) is 19.3 Å². The van der Waals surface area contributed by atoms with E-state index in [4.69, 9.17) is 9.47 Å². The summed E-state index contributed by atoms with van der Waals surface area (Å²) in [5.74, 6) is 1.22. The van der Waals surface area contributed by atoms with Crippen LogP contribution < -0.4 is 19.3 Å². The van der Waals surface area contributed by atoms with E-state index in [0.29, 0.717) is 23.6 Å².